The summed E-state index contributed by atoms with van der Waals surface area (Å²) in [4.78, 5) is 8.94. The highest BCUT2D eigenvalue weighted by molar-refractivity contribution is 5.59. The van der Waals surface area contributed by atoms with Gasteiger partial charge in [-0.3, -0.25) is 9.55 Å². The molecule has 0 aliphatic carbocycles. The van der Waals surface area contributed by atoms with Crippen molar-refractivity contribution in [3.63, 3.8) is 0 Å². The number of nitrogens with two attached hydrogens (primary N) is 1. The maximum absolute atomic E-state index is 5.94. The first-order valence-electron chi connectivity index (χ1n) is 8.01. The standard InChI is InChI=1S/C21H20N4/c1-14-6-5-7-18(12-14)9-11-20-17(4)25(21(24-20)16(3)22)19-10-8-15(2)23-13-19/h5-8,10,12-13H,3,22H2,1-2,4H3. The number of pyridine rings is 1. The van der Waals surface area contributed by atoms with Crippen molar-refractivity contribution in [2.24, 2.45) is 5.73 Å². The Balaban J connectivity index is 2.10. The highest BCUT2D eigenvalue weighted by atomic mass is 15.1. The Morgan fingerprint density at radius 2 is 1.92 bits per heavy atom. The molecule has 0 amide bonds. The third-order valence-electron chi connectivity index (χ3n) is 3.89. The molecule has 0 saturated heterocycles. The van der Waals surface area contributed by atoms with Gasteiger partial charge in [0, 0.05) is 11.3 Å². The predicted molar refractivity (Wildman–Crippen MR) is 101 cm³/mol. The van der Waals surface area contributed by atoms with Crippen LogP contribution in [0.4, 0.5) is 0 Å². The van der Waals surface area contributed by atoms with Crippen LogP contribution in [0.5, 0.6) is 0 Å². The summed E-state index contributed by atoms with van der Waals surface area (Å²) in [5.74, 6) is 6.92. The van der Waals surface area contributed by atoms with E-state index in [-0.39, 0.29) is 0 Å². The van der Waals surface area contributed by atoms with Crippen LogP contribution in [-0.4, -0.2) is 14.5 Å². The molecule has 2 heterocycles. The molecule has 4 nitrogen and oxygen atoms in total. The first-order valence-corrected chi connectivity index (χ1v) is 8.01. The molecule has 1 aromatic carbocycles. The molecular formula is C21H20N4. The lowest BCUT2D eigenvalue weighted by Gasteiger charge is -2.09. The third-order valence-corrected chi connectivity index (χ3v) is 3.89. The molecule has 0 fully saturated rings. The average Bonchev–Trinajstić information content (AvgIpc) is 2.91. The minimum Gasteiger partial charge on any atom is -0.396 e. The Morgan fingerprint density at radius 1 is 1.12 bits per heavy atom. The lowest BCUT2D eigenvalue weighted by molar-refractivity contribution is 0.959. The van der Waals surface area contributed by atoms with Crippen molar-refractivity contribution in [3.05, 3.63) is 83.2 Å². The van der Waals surface area contributed by atoms with Crippen LogP contribution < -0.4 is 5.73 Å². The van der Waals surface area contributed by atoms with Crippen LogP contribution in [-0.2, 0) is 0 Å². The molecule has 25 heavy (non-hydrogen) atoms. The number of nitrogens with zero attached hydrogens (tertiary/aromatic N) is 3. The molecule has 0 spiro atoms. The monoisotopic (exact) mass is 328 g/mol. The number of benzene rings is 1. The van der Waals surface area contributed by atoms with Gasteiger partial charge in [0.25, 0.3) is 0 Å². The molecule has 0 bridgehead atoms. The molecule has 0 aliphatic heterocycles. The molecule has 4 heteroatoms. The predicted octanol–water partition coefficient (Wildman–Crippen LogP) is 3.52. The normalized spacial score (nSPS) is 10.2. The number of hydrogen-bond acceptors (Lipinski definition) is 3. The van der Waals surface area contributed by atoms with Crippen molar-refractivity contribution in [1.29, 1.82) is 0 Å². The van der Waals surface area contributed by atoms with E-state index in [0.29, 0.717) is 17.2 Å². The van der Waals surface area contributed by atoms with Crippen molar-refractivity contribution in [1.82, 2.24) is 14.5 Å². The fourth-order valence-electron chi connectivity index (χ4n) is 2.60. The van der Waals surface area contributed by atoms with E-state index in [4.69, 9.17) is 5.73 Å². The topological polar surface area (TPSA) is 56.7 Å². The Bertz CT molecular complexity index is 999. The summed E-state index contributed by atoms with van der Waals surface area (Å²) in [6.07, 6.45) is 1.80. The van der Waals surface area contributed by atoms with Gasteiger partial charge in [0.2, 0.25) is 0 Å². The van der Waals surface area contributed by atoms with Crippen molar-refractivity contribution in [3.8, 4) is 17.5 Å². The van der Waals surface area contributed by atoms with E-state index in [0.717, 1.165) is 22.6 Å². The highest BCUT2D eigenvalue weighted by Gasteiger charge is 2.15. The third kappa shape index (κ3) is 3.46. The molecule has 0 unspecified atom stereocenters. The quantitative estimate of drug-likeness (QED) is 0.732. The van der Waals surface area contributed by atoms with Gasteiger partial charge in [0.05, 0.1) is 23.3 Å². The van der Waals surface area contributed by atoms with Gasteiger partial charge < -0.3 is 5.73 Å². The molecule has 3 aromatic rings. The number of aryl methyl sites for hydroxylation is 2. The Kier molecular flexibility index (Phi) is 4.40. The van der Waals surface area contributed by atoms with Crippen LogP contribution in [0.3, 0.4) is 0 Å². The molecule has 3 rings (SSSR count). The first kappa shape index (κ1) is 16.5. The van der Waals surface area contributed by atoms with Gasteiger partial charge in [0.1, 0.15) is 5.69 Å². The largest absolute Gasteiger partial charge is 0.396 e. The second-order valence-corrected chi connectivity index (χ2v) is 6.01. The number of hydrogen-bond donors (Lipinski definition) is 1. The van der Waals surface area contributed by atoms with Crippen LogP contribution in [0.25, 0.3) is 11.4 Å². The number of rotatable bonds is 2. The highest BCUT2D eigenvalue weighted by Crippen LogP contribution is 2.20. The molecule has 2 aromatic heterocycles. The van der Waals surface area contributed by atoms with Crippen molar-refractivity contribution >= 4 is 5.70 Å². The minimum absolute atomic E-state index is 0.396. The van der Waals surface area contributed by atoms with Crippen LogP contribution >= 0.6 is 0 Å². The van der Waals surface area contributed by atoms with Crippen LogP contribution in [0.1, 0.15) is 34.0 Å². The van der Waals surface area contributed by atoms with Gasteiger partial charge in [0.15, 0.2) is 5.82 Å². The number of imidazole rings is 1. The molecule has 124 valence electrons. The lowest BCUT2D eigenvalue weighted by atomic mass is 10.1. The van der Waals surface area contributed by atoms with Gasteiger partial charge in [-0.25, -0.2) is 4.98 Å². The zero-order valence-electron chi connectivity index (χ0n) is 14.7. The molecule has 0 atom stereocenters. The van der Waals surface area contributed by atoms with Crippen LogP contribution in [0.15, 0.2) is 49.2 Å². The van der Waals surface area contributed by atoms with Crippen molar-refractivity contribution in [2.45, 2.75) is 20.8 Å². The van der Waals surface area contributed by atoms with Crippen molar-refractivity contribution in [2.75, 3.05) is 0 Å². The van der Waals surface area contributed by atoms with Gasteiger partial charge in [-0.15, -0.1) is 0 Å². The van der Waals surface area contributed by atoms with Crippen LogP contribution in [0.2, 0.25) is 0 Å². The summed E-state index contributed by atoms with van der Waals surface area (Å²) in [7, 11) is 0. The van der Waals surface area contributed by atoms with E-state index < -0.39 is 0 Å². The van der Waals surface area contributed by atoms with Gasteiger partial charge in [-0.2, -0.15) is 0 Å². The van der Waals surface area contributed by atoms with Gasteiger partial charge >= 0.3 is 0 Å². The average molecular weight is 328 g/mol. The van der Waals surface area contributed by atoms with E-state index in [1.54, 1.807) is 6.20 Å². The summed E-state index contributed by atoms with van der Waals surface area (Å²) in [5.41, 5.74) is 11.9. The van der Waals surface area contributed by atoms with Gasteiger partial charge in [-0.05, 0) is 56.5 Å². The van der Waals surface area contributed by atoms with E-state index in [1.807, 2.05) is 61.7 Å². The SMILES string of the molecule is C=C(N)c1nc(C#Cc2cccc(C)c2)c(C)n1-c1ccc(C)nc1. The molecule has 0 radical (unpaired) electrons. The van der Waals surface area contributed by atoms with E-state index in [1.165, 1.54) is 5.56 Å². The molecular weight excluding hydrogens is 308 g/mol. The maximum Gasteiger partial charge on any atom is 0.161 e. The second kappa shape index (κ2) is 6.66. The molecule has 0 saturated carbocycles. The zero-order chi connectivity index (χ0) is 18.0. The maximum atomic E-state index is 5.94. The summed E-state index contributed by atoms with van der Waals surface area (Å²) < 4.78 is 1.94. The summed E-state index contributed by atoms with van der Waals surface area (Å²) in [6, 6.07) is 12.0. The molecule has 2 N–H and O–H groups in total. The van der Waals surface area contributed by atoms with E-state index >= 15 is 0 Å². The Labute approximate surface area is 148 Å². The summed E-state index contributed by atoms with van der Waals surface area (Å²) in [6.45, 7) is 9.81. The van der Waals surface area contributed by atoms with Gasteiger partial charge in [-0.1, -0.05) is 24.6 Å². The van der Waals surface area contributed by atoms with E-state index in [2.05, 4.69) is 28.4 Å². The fourth-order valence-corrected chi connectivity index (χ4v) is 2.60. The zero-order valence-corrected chi connectivity index (χ0v) is 14.7. The van der Waals surface area contributed by atoms with Crippen LogP contribution in [0, 0.1) is 32.6 Å². The fraction of sp³-hybridized carbons (Fsp3) is 0.143. The van der Waals surface area contributed by atoms with Crippen molar-refractivity contribution < 1.29 is 0 Å². The number of aromatic nitrogens is 3. The second-order valence-electron chi connectivity index (χ2n) is 6.01. The van der Waals surface area contributed by atoms with E-state index in [9.17, 15) is 0 Å². The summed E-state index contributed by atoms with van der Waals surface area (Å²) in [5, 5.41) is 0. The Morgan fingerprint density at radius 3 is 2.56 bits per heavy atom. The minimum atomic E-state index is 0.396. The smallest absolute Gasteiger partial charge is 0.161 e. The molecule has 0 aliphatic rings. The Hall–Kier alpha value is -3.32. The summed E-state index contributed by atoms with van der Waals surface area (Å²) >= 11 is 0. The first-order chi connectivity index (χ1) is 12.0. The lowest BCUT2D eigenvalue weighted by Crippen LogP contribution is -2.06.